The number of rotatable bonds is 1. The van der Waals surface area contributed by atoms with E-state index in [4.69, 9.17) is 4.74 Å². The van der Waals surface area contributed by atoms with E-state index in [1.807, 2.05) is 13.8 Å². The Balaban J connectivity index is 2.21. The van der Waals surface area contributed by atoms with Crippen molar-refractivity contribution in [1.82, 2.24) is 10.3 Å². The van der Waals surface area contributed by atoms with E-state index >= 15 is 0 Å². The van der Waals surface area contributed by atoms with E-state index in [1.165, 1.54) is 5.56 Å². The van der Waals surface area contributed by atoms with E-state index < -0.39 is 0 Å². The zero-order valence-electron chi connectivity index (χ0n) is 8.71. The molecule has 1 unspecified atom stereocenters. The summed E-state index contributed by atoms with van der Waals surface area (Å²) < 4.78 is 5.68. The molecule has 0 aliphatic carbocycles. The van der Waals surface area contributed by atoms with E-state index in [0.717, 1.165) is 31.1 Å². The van der Waals surface area contributed by atoms with Crippen molar-refractivity contribution in [1.29, 1.82) is 0 Å². The zero-order valence-corrected chi connectivity index (χ0v) is 8.71. The largest absolute Gasteiger partial charge is 0.371 e. The van der Waals surface area contributed by atoms with Crippen molar-refractivity contribution in [2.24, 2.45) is 0 Å². The fourth-order valence-electron chi connectivity index (χ4n) is 1.83. The number of pyridine rings is 1. The third-order valence-electron chi connectivity index (χ3n) is 2.40. The summed E-state index contributed by atoms with van der Waals surface area (Å²) in [5.41, 5.74) is 3.37. The molecule has 1 fully saturated rings. The lowest BCUT2D eigenvalue weighted by Gasteiger charge is -2.24. The Morgan fingerprint density at radius 3 is 2.64 bits per heavy atom. The highest BCUT2D eigenvalue weighted by molar-refractivity contribution is 5.23. The first-order chi connectivity index (χ1) is 6.75. The number of hydrogen-bond donors (Lipinski definition) is 1. The molecule has 0 aromatic carbocycles. The third-order valence-corrected chi connectivity index (χ3v) is 2.40. The monoisotopic (exact) mass is 192 g/mol. The van der Waals surface area contributed by atoms with Gasteiger partial charge >= 0.3 is 0 Å². The van der Waals surface area contributed by atoms with Crippen molar-refractivity contribution >= 4 is 0 Å². The van der Waals surface area contributed by atoms with Gasteiger partial charge in [-0.25, -0.2) is 0 Å². The smallest absolute Gasteiger partial charge is 0.0951 e. The average molecular weight is 192 g/mol. The maximum atomic E-state index is 5.68. The molecule has 0 radical (unpaired) electrons. The molecular formula is C11H16N2O. The van der Waals surface area contributed by atoms with Gasteiger partial charge in [0.15, 0.2) is 0 Å². The number of aryl methyl sites for hydroxylation is 2. The van der Waals surface area contributed by atoms with Gasteiger partial charge in [0.05, 0.1) is 12.7 Å². The van der Waals surface area contributed by atoms with Gasteiger partial charge < -0.3 is 10.1 Å². The quantitative estimate of drug-likeness (QED) is 0.729. The van der Waals surface area contributed by atoms with E-state index in [0.29, 0.717) is 0 Å². The van der Waals surface area contributed by atoms with E-state index in [1.54, 1.807) is 0 Å². The summed E-state index contributed by atoms with van der Waals surface area (Å²) in [7, 11) is 0. The van der Waals surface area contributed by atoms with Gasteiger partial charge in [0.25, 0.3) is 0 Å². The first-order valence-corrected chi connectivity index (χ1v) is 5.03. The number of hydrogen-bond acceptors (Lipinski definition) is 3. The van der Waals surface area contributed by atoms with Crippen molar-refractivity contribution in [3.05, 3.63) is 29.1 Å². The second-order valence-corrected chi connectivity index (χ2v) is 3.75. The summed E-state index contributed by atoms with van der Waals surface area (Å²) in [6.45, 7) is 6.70. The summed E-state index contributed by atoms with van der Waals surface area (Å²) in [6.07, 6.45) is 0.198. The first kappa shape index (κ1) is 9.62. The second kappa shape index (κ2) is 4.07. The van der Waals surface area contributed by atoms with Crippen molar-refractivity contribution in [2.45, 2.75) is 20.0 Å². The molecule has 76 valence electrons. The van der Waals surface area contributed by atoms with Gasteiger partial charge in [-0.2, -0.15) is 0 Å². The van der Waals surface area contributed by atoms with E-state index in [-0.39, 0.29) is 6.10 Å². The Morgan fingerprint density at radius 1 is 1.36 bits per heavy atom. The van der Waals surface area contributed by atoms with Crippen LogP contribution in [0.15, 0.2) is 12.1 Å². The Hall–Kier alpha value is -0.930. The van der Waals surface area contributed by atoms with Gasteiger partial charge in [-0.3, -0.25) is 4.98 Å². The van der Waals surface area contributed by atoms with Gasteiger partial charge in [-0.15, -0.1) is 0 Å². The minimum absolute atomic E-state index is 0.198. The summed E-state index contributed by atoms with van der Waals surface area (Å²) >= 11 is 0. The third kappa shape index (κ3) is 2.11. The molecule has 2 heterocycles. The lowest BCUT2D eigenvalue weighted by atomic mass is 10.1. The molecule has 1 aromatic rings. The van der Waals surface area contributed by atoms with Gasteiger partial charge in [-0.05, 0) is 31.5 Å². The summed E-state index contributed by atoms with van der Waals surface area (Å²) in [5, 5.41) is 3.33. The number of morpholine rings is 1. The lowest BCUT2D eigenvalue weighted by molar-refractivity contribution is 0.0276. The minimum atomic E-state index is 0.198. The van der Waals surface area contributed by atoms with Crippen molar-refractivity contribution in [3.63, 3.8) is 0 Å². The molecule has 2 rings (SSSR count). The van der Waals surface area contributed by atoms with Crippen LogP contribution >= 0.6 is 0 Å². The van der Waals surface area contributed by atoms with Gasteiger partial charge in [0.2, 0.25) is 0 Å². The van der Waals surface area contributed by atoms with Gasteiger partial charge in [-0.1, -0.05) is 0 Å². The molecule has 3 heteroatoms. The molecule has 0 amide bonds. The van der Waals surface area contributed by atoms with Crippen molar-refractivity contribution in [3.8, 4) is 0 Å². The molecule has 1 saturated heterocycles. The van der Waals surface area contributed by atoms with Crippen LogP contribution in [-0.4, -0.2) is 24.7 Å². The van der Waals surface area contributed by atoms with Crippen LogP contribution in [0.4, 0.5) is 0 Å². The Bertz CT molecular complexity index is 299. The molecule has 3 nitrogen and oxygen atoms in total. The van der Waals surface area contributed by atoms with Crippen LogP contribution in [-0.2, 0) is 4.74 Å². The number of aromatic nitrogens is 1. The average Bonchev–Trinajstić information content (AvgIpc) is 2.18. The van der Waals surface area contributed by atoms with E-state index in [9.17, 15) is 0 Å². The normalized spacial score (nSPS) is 22.3. The fourth-order valence-corrected chi connectivity index (χ4v) is 1.83. The molecule has 0 spiro atoms. The molecule has 1 aromatic heterocycles. The second-order valence-electron chi connectivity index (χ2n) is 3.75. The summed E-state index contributed by atoms with van der Waals surface area (Å²) in [5.74, 6) is 0. The topological polar surface area (TPSA) is 34.1 Å². The molecule has 1 aliphatic rings. The maximum Gasteiger partial charge on any atom is 0.0951 e. The highest BCUT2D eigenvalue weighted by Gasteiger charge is 2.15. The predicted molar refractivity (Wildman–Crippen MR) is 55.3 cm³/mol. The van der Waals surface area contributed by atoms with Gasteiger partial charge in [0.1, 0.15) is 0 Å². The minimum Gasteiger partial charge on any atom is -0.371 e. The molecule has 1 N–H and O–H groups in total. The highest BCUT2D eigenvalue weighted by Crippen LogP contribution is 2.19. The van der Waals surface area contributed by atoms with Crippen LogP contribution in [0.1, 0.15) is 23.1 Å². The van der Waals surface area contributed by atoms with Crippen LogP contribution in [0.5, 0.6) is 0 Å². The number of ether oxygens (including phenoxy) is 1. The zero-order chi connectivity index (χ0) is 9.97. The molecule has 1 aliphatic heterocycles. The maximum absolute atomic E-state index is 5.68. The molecule has 0 bridgehead atoms. The Morgan fingerprint density at radius 2 is 2.07 bits per heavy atom. The summed E-state index contributed by atoms with van der Waals surface area (Å²) in [6, 6.07) is 4.20. The standard InChI is InChI=1S/C11H16N2O/c1-8-5-10(6-9(2)13-8)11-7-12-3-4-14-11/h5-6,11-12H,3-4,7H2,1-2H3. The van der Waals surface area contributed by atoms with Crippen molar-refractivity contribution < 1.29 is 4.74 Å². The molecule has 1 atom stereocenters. The highest BCUT2D eigenvalue weighted by atomic mass is 16.5. The summed E-state index contributed by atoms with van der Waals surface area (Å²) in [4.78, 5) is 4.35. The SMILES string of the molecule is Cc1cc(C2CNCCO2)cc(C)n1. The van der Waals surface area contributed by atoms with Crippen LogP contribution in [0.25, 0.3) is 0 Å². The molecular weight excluding hydrogens is 176 g/mol. The molecule has 14 heavy (non-hydrogen) atoms. The Kier molecular flexibility index (Phi) is 2.79. The van der Waals surface area contributed by atoms with E-state index in [2.05, 4.69) is 22.4 Å². The Labute approximate surface area is 84.5 Å². The van der Waals surface area contributed by atoms with Crippen LogP contribution in [0, 0.1) is 13.8 Å². The lowest BCUT2D eigenvalue weighted by Crippen LogP contribution is -2.33. The van der Waals surface area contributed by atoms with Crippen LogP contribution in [0.3, 0.4) is 0 Å². The molecule has 0 saturated carbocycles. The van der Waals surface area contributed by atoms with Crippen LogP contribution in [0.2, 0.25) is 0 Å². The predicted octanol–water partition coefficient (Wildman–Crippen LogP) is 1.36. The van der Waals surface area contributed by atoms with Crippen molar-refractivity contribution in [2.75, 3.05) is 19.7 Å². The van der Waals surface area contributed by atoms with Gasteiger partial charge in [0, 0.05) is 24.5 Å². The van der Waals surface area contributed by atoms with Crippen LogP contribution < -0.4 is 5.32 Å². The fraction of sp³-hybridized carbons (Fsp3) is 0.545. The number of nitrogens with zero attached hydrogens (tertiary/aromatic N) is 1. The first-order valence-electron chi connectivity index (χ1n) is 5.03. The number of nitrogens with one attached hydrogen (secondary N) is 1.